The number of alkyl halides is 3. The van der Waals surface area contributed by atoms with Gasteiger partial charge in [-0.15, -0.1) is 0 Å². The number of nitro benzene ring substituents is 2. The third-order valence-corrected chi connectivity index (χ3v) is 3.42. The van der Waals surface area contributed by atoms with E-state index in [0.717, 1.165) is 0 Å². The highest BCUT2D eigenvalue weighted by Gasteiger charge is 2.42. The van der Waals surface area contributed by atoms with Gasteiger partial charge in [0.25, 0.3) is 5.69 Å². The smallest absolute Gasteiger partial charge is 0.371 e. The van der Waals surface area contributed by atoms with Crippen molar-refractivity contribution in [1.29, 1.82) is 0 Å². The molecule has 0 radical (unpaired) electrons. The first-order valence-electron chi connectivity index (χ1n) is 6.96. The van der Waals surface area contributed by atoms with Crippen LogP contribution in [0.4, 0.5) is 35.9 Å². The maximum absolute atomic E-state index is 13.1. The van der Waals surface area contributed by atoms with Crippen molar-refractivity contribution in [1.82, 2.24) is 0 Å². The second-order valence-electron chi connectivity index (χ2n) is 4.87. The van der Waals surface area contributed by atoms with Crippen molar-refractivity contribution in [2.75, 3.05) is 5.32 Å². The molecule has 0 spiro atoms. The quantitative estimate of drug-likeness (QED) is 0.236. The zero-order chi connectivity index (χ0) is 19.4. The van der Waals surface area contributed by atoms with E-state index in [1.807, 2.05) is 0 Å². The van der Waals surface area contributed by atoms with Crippen LogP contribution in [0.2, 0.25) is 0 Å². The van der Waals surface area contributed by atoms with Gasteiger partial charge < -0.3 is 5.32 Å². The monoisotopic (exact) mass is 362 g/mol. The molecule has 0 unspecified atom stereocenters. The zero-order valence-corrected chi connectivity index (χ0v) is 13.1. The van der Waals surface area contributed by atoms with Crippen molar-refractivity contribution >= 4 is 22.7 Å². The van der Waals surface area contributed by atoms with Crippen LogP contribution in [-0.2, 0) is 6.18 Å². The second kappa shape index (κ2) is 7.66. The zero-order valence-electron chi connectivity index (χ0n) is 13.1. The average Bonchev–Trinajstić information content (AvgIpc) is 2.50. The van der Waals surface area contributed by atoms with Crippen LogP contribution in [0.15, 0.2) is 11.2 Å². The van der Waals surface area contributed by atoms with Crippen molar-refractivity contribution in [3.63, 3.8) is 0 Å². The van der Waals surface area contributed by atoms with Gasteiger partial charge in [-0.1, -0.05) is 19.0 Å². The third kappa shape index (κ3) is 4.26. The Kier molecular flexibility index (Phi) is 6.12. The fourth-order valence-corrected chi connectivity index (χ4v) is 2.17. The summed E-state index contributed by atoms with van der Waals surface area (Å²) in [6.45, 7) is 3.38. The number of nitro groups is 2. The second-order valence-corrected chi connectivity index (χ2v) is 4.87. The number of hydrogen-bond acceptors (Lipinski definition) is 6. The minimum Gasteiger partial charge on any atom is -0.371 e. The van der Waals surface area contributed by atoms with Crippen LogP contribution in [0.3, 0.4) is 0 Å². The molecular formula is C12H13F3N6O4. The normalized spacial score (nSPS) is 11.1. The molecule has 1 rings (SSSR count). The highest BCUT2D eigenvalue weighted by Crippen LogP contribution is 2.49. The fourth-order valence-electron chi connectivity index (χ4n) is 2.17. The lowest BCUT2D eigenvalue weighted by molar-refractivity contribution is -0.392. The summed E-state index contributed by atoms with van der Waals surface area (Å²) in [5.74, 6) is 0. The summed E-state index contributed by atoms with van der Waals surface area (Å²) in [6, 6.07) is -0.338. The maximum Gasteiger partial charge on any atom is 0.417 e. The maximum atomic E-state index is 13.1. The Morgan fingerprint density at radius 1 is 1.28 bits per heavy atom. The lowest BCUT2D eigenvalue weighted by atomic mass is 10.1. The Morgan fingerprint density at radius 2 is 1.84 bits per heavy atom. The topological polar surface area (TPSA) is 147 Å². The molecule has 0 atom stereocenters. The van der Waals surface area contributed by atoms with Crippen molar-refractivity contribution in [2.24, 2.45) is 5.11 Å². The largest absolute Gasteiger partial charge is 0.417 e. The number of anilines is 1. The number of hydrogen-bond donors (Lipinski definition) is 1. The van der Waals surface area contributed by atoms with E-state index in [4.69, 9.17) is 5.53 Å². The summed E-state index contributed by atoms with van der Waals surface area (Å²) in [7, 11) is 0. The molecule has 0 amide bonds. The van der Waals surface area contributed by atoms with Gasteiger partial charge in [-0.25, -0.2) is 0 Å². The number of benzene rings is 1. The first-order chi connectivity index (χ1) is 11.6. The molecule has 0 bridgehead atoms. The minimum atomic E-state index is -5.19. The number of halogens is 3. The van der Waals surface area contributed by atoms with E-state index in [-0.39, 0.29) is 6.07 Å². The van der Waals surface area contributed by atoms with Crippen LogP contribution in [0, 0.1) is 20.2 Å². The van der Waals surface area contributed by atoms with Crippen molar-refractivity contribution < 1.29 is 23.0 Å². The molecule has 0 aliphatic carbocycles. The predicted molar refractivity (Wildman–Crippen MR) is 81.6 cm³/mol. The van der Waals surface area contributed by atoms with Gasteiger partial charge >= 0.3 is 11.9 Å². The van der Waals surface area contributed by atoms with E-state index in [0.29, 0.717) is 12.8 Å². The van der Waals surface area contributed by atoms with Crippen LogP contribution in [-0.4, -0.2) is 15.9 Å². The summed E-state index contributed by atoms with van der Waals surface area (Å²) < 4.78 is 39.4. The Labute approximate surface area is 138 Å². The average molecular weight is 362 g/mol. The van der Waals surface area contributed by atoms with E-state index in [2.05, 4.69) is 15.3 Å². The van der Waals surface area contributed by atoms with E-state index >= 15 is 0 Å². The molecule has 0 saturated carbocycles. The molecule has 1 aromatic rings. The van der Waals surface area contributed by atoms with Gasteiger partial charge in [-0.3, -0.25) is 20.2 Å². The Balaban J connectivity index is 3.96. The van der Waals surface area contributed by atoms with Gasteiger partial charge in [0.15, 0.2) is 5.69 Å². The van der Waals surface area contributed by atoms with E-state index in [9.17, 15) is 33.4 Å². The van der Waals surface area contributed by atoms with Crippen LogP contribution in [0.25, 0.3) is 10.4 Å². The molecule has 25 heavy (non-hydrogen) atoms. The fraction of sp³-hybridized carbons (Fsp3) is 0.500. The molecule has 0 saturated heterocycles. The standard InChI is InChI=1S/C12H13F3N6O4/c1-3-6(4-2)17-10-8(20(22)23)5-7(12(13,14)15)9(18-19-16)11(10)21(24)25/h5-6,17H,3-4H2,1-2H3. The van der Waals surface area contributed by atoms with E-state index in [1.165, 1.54) is 0 Å². The molecule has 0 aromatic heterocycles. The molecule has 0 aliphatic heterocycles. The van der Waals surface area contributed by atoms with E-state index in [1.54, 1.807) is 13.8 Å². The first-order valence-corrected chi connectivity index (χ1v) is 6.96. The van der Waals surface area contributed by atoms with Gasteiger partial charge in [0.1, 0.15) is 5.69 Å². The molecule has 1 aromatic carbocycles. The number of rotatable bonds is 7. The van der Waals surface area contributed by atoms with Crippen LogP contribution in [0.5, 0.6) is 0 Å². The number of nitrogens with zero attached hydrogens (tertiary/aromatic N) is 5. The summed E-state index contributed by atoms with van der Waals surface area (Å²) in [6.07, 6.45) is -4.38. The van der Waals surface area contributed by atoms with Gasteiger partial charge in [0.05, 0.1) is 15.4 Å². The highest BCUT2D eigenvalue weighted by atomic mass is 19.4. The van der Waals surface area contributed by atoms with Crippen molar-refractivity contribution in [2.45, 2.75) is 38.9 Å². The van der Waals surface area contributed by atoms with Gasteiger partial charge in [-0.2, -0.15) is 13.2 Å². The lowest BCUT2D eigenvalue weighted by Crippen LogP contribution is -2.20. The SMILES string of the molecule is CCC(CC)Nc1c([N+](=O)[O-])cc(C(F)(F)F)c(N=[N+]=[N-])c1[N+](=O)[O-]. The molecule has 13 heteroatoms. The number of azide groups is 1. The molecular weight excluding hydrogens is 349 g/mol. The Bertz CT molecular complexity index is 741. The lowest BCUT2D eigenvalue weighted by Gasteiger charge is -2.18. The van der Waals surface area contributed by atoms with Gasteiger partial charge in [0, 0.05) is 17.0 Å². The van der Waals surface area contributed by atoms with Crippen molar-refractivity contribution in [3.8, 4) is 0 Å². The first kappa shape index (κ1) is 20.0. The molecule has 136 valence electrons. The van der Waals surface area contributed by atoms with Crippen LogP contribution >= 0.6 is 0 Å². The summed E-state index contributed by atoms with van der Waals surface area (Å²) in [4.78, 5) is 22.3. The Hall–Kier alpha value is -3.08. The molecule has 10 nitrogen and oxygen atoms in total. The minimum absolute atomic E-state index is 0.127. The highest BCUT2D eigenvalue weighted by molar-refractivity contribution is 5.85. The molecule has 1 N–H and O–H groups in total. The molecule has 0 aliphatic rings. The summed E-state index contributed by atoms with van der Waals surface area (Å²) in [5, 5.41) is 27.8. The van der Waals surface area contributed by atoms with Gasteiger partial charge in [-0.05, 0) is 18.4 Å². The molecule has 0 fully saturated rings. The summed E-state index contributed by atoms with van der Waals surface area (Å²) in [5.41, 5.74) is 2.27. The van der Waals surface area contributed by atoms with Crippen molar-refractivity contribution in [3.05, 3.63) is 42.3 Å². The Morgan fingerprint density at radius 3 is 2.20 bits per heavy atom. The predicted octanol–water partition coefficient (Wildman–Crippen LogP) is 5.06. The van der Waals surface area contributed by atoms with Crippen LogP contribution < -0.4 is 5.32 Å². The number of nitrogens with one attached hydrogen (secondary N) is 1. The molecule has 0 heterocycles. The van der Waals surface area contributed by atoms with Crippen LogP contribution in [0.1, 0.15) is 32.3 Å². The summed E-state index contributed by atoms with van der Waals surface area (Å²) >= 11 is 0. The third-order valence-electron chi connectivity index (χ3n) is 3.42. The van der Waals surface area contributed by atoms with E-state index < -0.39 is 50.4 Å². The van der Waals surface area contributed by atoms with Gasteiger partial charge in [0.2, 0.25) is 0 Å².